The summed E-state index contributed by atoms with van der Waals surface area (Å²) in [7, 11) is 0. The summed E-state index contributed by atoms with van der Waals surface area (Å²) in [6.07, 6.45) is 3.52. The Bertz CT molecular complexity index is 860. The fourth-order valence-electron chi connectivity index (χ4n) is 3.89. The number of carbonyl (C=O) groups is 2. The summed E-state index contributed by atoms with van der Waals surface area (Å²) in [5.41, 5.74) is 3.58. The van der Waals surface area contributed by atoms with Gasteiger partial charge in [0.2, 0.25) is 0 Å². The highest BCUT2D eigenvalue weighted by atomic mass is 16.4. The first-order valence-electron chi connectivity index (χ1n) is 9.86. The van der Waals surface area contributed by atoms with Gasteiger partial charge in [-0.25, -0.2) is 4.79 Å². The van der Waals surface area contributed by atoms with Crippen LogP contribution in [0.5, 0.6) is 0 Å². The second kappa shape index (κ2) is 7.92. The average molecular weight is 379 g/mol. The molecule has 2 atom stereocenters. The minimum Gasteiger partial charge on any atom is -0.465 e. The standard InChI is InChI=1S/C22H25N3O3/c26-21(16-5-4-6-18(13-16)25-11-2-1-3-12-25)23-17-9-7-15(8-10-17)19-14-20(19)24-22(27)28/h4-10,13,19-20,24H,1-3,11-12,14H2,(H,23,26)(H,27,28). The van der Waals surface area contributed by atoms with Gasteiger partial charge in [0.1, 0.15) is 0 Å². The van der Waals surface area contributed by atoms with Crippen LogP contribution in [-0.4, -0.2) is 36.2 Å². The third-order valence-electron chi connectivity index (χ3n) is 5.53. The fraction of sp³-hybridized carbons (Fsp3) is 0.364. The summed E-state index contributed by atoms with van der Waals surface area (Å²) in [4.78, 5) is 25.7. The van der Waals surface area contributed by atoms with Crippen molar-refractivity contribution in [3.8, 4) is 0 Å². The molecule has 2 unspecified atom stereocenters. The number of benzene rings is 2. The molecule has 6 nitrogen and oxygen atoms in total. The molecule has 1 aliphatic heterocycles. The number of piperidine rings is 1. The molecule has 1 aliphatic carbocycles. The van der Waals surface area contributed by atoms with Gasteiger partial charge in [0.05, 0.1) is 0 Å². The number of rotatable bonds is 5. The number of nitrogens with one attached hydrogen (secondary N) is 2. The lowest BCUT2D eigenvalue weighted by Crippen LogP contribution is -2.29. The van der Waals surface area contributed by atoms with E-state index in [4.69, 9.17) is 5.11 Å². The van der Waals surface area contributed by atoms with E-state index < -0.39 is 6.09 Å². The van der Waals surface area contributed by atoms with Gasteiger partial charge in [-0.1, -0.05) is 18.2 Å². The molecule has 6 heteroatoms. The van der Waals surface area contributed by atoms with Crippen molar-refractivity contribution in [3.05, 3.63) is 59.7 Å². The van der Waals surface area contributed by atoms with Crippen LogP contribution >= 0.6 is 0 Å². The lowest BCUT2D eigenvalue weighted by atomic mass is 10.1. The Kier molecular flexibility index (Phi) is 5.19. The predicted molar refractivity (Wildman–Crippen MR) is 109 cm³/mol. The van der Waals surface area contributed by atoms with E-state index in [1.165, 1.54) is 19.3 Å². The summed E-state index contributed by atoms with van der Waals surface area (Å²) in [6.45, 7) is 2.09. The fourth-order valence-corrected chi connectivity index (χ4v) is 3.89. The maximum atomic E-state index is 12.6. The molecule has 146 valence electrons. The molecular weight excluding hydrogens is 354 g/mol. The Hall–Kier alpha value is -3.02. The largest absolute Gasteiger partial charge is 0.465 e. The third kappa shape index (κ3) is 4.27. The van der Waals surface area contributed by atoms with E-state index in [1.54, 1.807) is 0 Å². The van der Waals surface area contributed by atoms with Crippen LogP contribution in [0.15, 0.2) is 48.5 Å². The van der Waals surface area contributed by atoms with Crippen molar-refractivity contribution in [1.29, 1.82) is 0 Å². The second-order valence-corrected chi connectivity index (χ2v) is 7.57. The second-order valence-electron chi connectivity index (χ2n) is 7.57. The Morgan fingerprint density at radius 1 is 1.00 bits per heavy atom. The number of amides is 2. The molecule has 2 fully saturated rings. The van der Waals surface area contributed by atoms with E-state index in [0.29, 0.717) is 5.56 Å². The number of hydrogen-bond donors (Lipinski definition) is 3. The Labute approximate surface area is 164 Å². The van der Waals surface area contributed by atoms with Crippen molar-refractivity contribution < 1.29 is 14.7 Å². The van der Waals surface area contributed by atoms with E-state index in [1.807, 2.05) is 42.5 Å². The van der Waals surface area contributed by atoms with Crippen LogP contribution in [0.25, 0.3) is 0 Å². The molecule has 3 N–H and O–H groups in total. The van der Waals surface area contributed by atoms with E-state index in [0.717, 1.165) is 36.4 Å². The molecule has 2 aromatic carbocycles. The molecule has 2 aliphatic rings. The lowest BCUT2D eigenvalue weighted by molar-refractivity contribution is 0.102. The summed E-state index contributed by atoms with van der Waals surface area (Å²) in [5.74, 6) is 0.102. The van der Waals surface area contributed by atoms with Gasteiger partial charge in [-0.15, -0.1) is 0 Å². The van der Waals surface area contributed by atoms with Crippen LogP contribution in [0.3, 0.4) is 0 Å². The first-order valence-corrected chi connectivity index (χ1v) is 9.86. The quantitative estimate of drug-likeness (QED) is 0.732. The smallest absolute Gasteiger partial charge is 0.404 e. The van der Waals surface area contributed by atoms with Crippen molar-refractivity contribution in [2.75, 3.05) is 23.3 Å². The summed E-state index contributed by atoms with van der Waals surface area (Å²) >= 11 is 0. The molecule has 0 aromatic heterocycles. The summed E-state index contributed by atoms with van der Waals surface area (Å²) < 4.78 is 0. The van der Waals surface area contributed by atoms with Gasteiger partial charge in [0.25, 0.3) is 5.91 Å². The molecule has 0 spiro atoms. The maximum Gasteiger partial charge on any atom is 0.404 e. The highest BCUT2D eigenvalue weighted by Crippen LogP contribution is 2.41. The summed E-state index contributed by atoms with van der Waals surface area (Å²) in [5, 5.41) is 14.2. The van der Waals surface area contributed by atoms with Crippen molar-refractivity contribution in [3.63, 3.8) is 0 Å². The van der Waals surface area contributed by atoms with Crippen molar-refractivity contribution >= 4 is 23.4 Å². The van der Waals surface area contributed by atoms with Gasteiger partial charge in [-0.2, -0.15) is 0 Å². The number of nitrogens with zero attached hydrogens (tertiary/aromatic N) is 1. The highest BCUT2D eigenvalue weighted by Gasteiger charge is 2.39. The average Bonchev–Trinajstić information content (AvgIpc) is 3.47. The molecular formula is C22H25N3O3. The SMILES string of the molecule is O=C(O)NC1CC1c1ccc(NC(=O)c2cccc(N3CCCCC3)c2)cc1. The van der Waals surface area contributed by atoms with Crippen molar-refractivity contribution in [2.45, 2.75) is 37.6 Å². The minimum absolute atomic E-state index is 0.00420. The number of carboxylic acid groups (broad SMARTS) is 1. The van der Waals surface area contributed by atoms with Gasteiger partial charge in [0.15, 0.2) is 0 Å². The van der Waals surface area contributed by atoms with Gasteiger partial charge >= 0.3 is 6.09 Å². The number of anilines is 2. The van der Waals surface area contributed by atoms with E-state index in [-0.39, 0.29) is 17.9 Å². The van der Waals surface area contributed by atoms with Crippen LogP contribution in [0.2, 0.25) is 0 Å². The Balaban J connectivity index is 1.38. The van der Waals surface area contributed by atoms with Gasteiger partial charge < -0.3 is 20.6 Å². The monoisotopic (exact) mass is 379 g/mol. The van der Waals surface area contributed by atoms with Gasteiger partial charge in [0, 0.05) is 42.0 Å². The Morgan fingerprint density at radius 3 is 2.46 bits per heavy atom. The highest BCUT2D eigenvalue weighted by molar-refractivity contribution is 6.04. The third-order valence-corrected chi connectivity index (χ3v) is 5.53. The van der Waals surface area contributed by atoms with Crippen molar-refractivity contribution in [2.24, 2.45) is 0 Å². The van der Waals surface area contributed by atoms with Crippen LogP contribution in [-0.2, 0) is 0 Å². The normalized spacial score (nSPS) is 21.1. The molecule has 1 saturated carbocycles. The van der Waals surface area contributed by atoms with Crippen LogP contribution in [0, 0.1) is 0 Å². The molecule has 2 aromatic rings. The molecule has 0 bridgehead atoms. The van der Waals surface area contributed by atoms with Crippen LogP contribution in [0.1, 0.15) is 47.5 Å². The van der Waals surface area contributed by atoms with Gasteiger partial charge in [-0.05, 0) is 61.6 Å². The predicted octanol–water partition coefficient (Wildman–Crippen LogP) is 4.05. The van der Waals surface area contributed by atoms with Crippen molar-refractivity contribution in [1.82, 2.24) is 5.32 Å². The zero-order chi connectivity index (χ0) is 19.5. The topological polar surface area (TPSA) is 81.7 Å². The van der Waals surface area contributed by atoms with E-state index >= 15 is 0 Å². The first-order chi connectivity index (χ1) is 13.6. The summed E-state index contributed by atoms with van der Waals surface area (Å²) in [6, 6.07) is 15.4. The minimum atomic E-state index is -0.983. The molecule has 1 heterocycles. The van der Waals surface area contributed by atoms with Crippen LogP contribution < -0.4 is 15.5 Å². The van der Waals surface area contributed by atoms with Crippen LogP contribution in [0.4, 0.5) is 16.2 Å². The zero-order valence-electron chi connectivity index (χ0n) is 15.7. The zero-order valence-corrected chi connectivity index (χ0v) is 15.7. The Morgan fingerprint density at radius 2 is 1.75 bits per heavy atom. The number of hydrogen-bond acceptors (Lipinski definition) is 3. The maximum absolute atomic E-state index is 12.6. The molecule has 0 radical (unpaired) electrons. The molecule has 2 amide bonds. The van der Waals surface area contributed by atoms with E-state index in [2.05, 4.69) is 21.6 Å². The van der Waals surface area contributed by atoms with E-state index in [9.17, 15) is 9.59 Å². The number of carbonyl (C=O) groups excluding carboxylic acids is 1. The first kappa shape index (κ1) is 18.3. The lowest BCUT2D eigenvalue weighted by Gasteiger charge is -2.29. The molecule has 1 saturated heterocycles. The molecule has 28 heavy (non-hydrogen) atoms. The molecule has 4 rings (SSSR count). The van der Waals surface area contributed by atoms with Gasteiger partial charge in [-0.3, -0.25) is 4.79 Å².